The van der Waals surface area contributed by atoms with Crippen molar-refractivity contribution in [2.45, 2.75) is 12.5 Å². The Morgan fingerprint density at radius 3 is 2.17 bits per heavy atom. The first-order valence-corrected chi connectivity index (χ1v) is 12.1. The van der Waals surface area contributed by atoms with Gasteiger partial charge in [-0.1, -0.05) is 78.9 Å². The van der Waals surface area contributed by atoms with Gasteiger partial charge in [0.2, 0.25) is 0 Å². The van der Waals surface area contributed by atoms with E-state index in [9.17, 15) is 4.79 Å². The molecule has 182 valence electrons. The van der Waals surface area contributed by atoms with E-state index in [2.05, 4.69) is 12.1 Å². The van der Waals surface area contributed by atoms with E-state index in [0.717, 1.165) is 34.2 Å². The van der Waals surface area contributed by atoms with Crippen LogP contribution in [0.3, 0.4) is 0 Å². The third-order valence-corrected chi connectivity index (χ3v) is 6.63. The SMILES string of the molecule is COc1cc2c(cc1OC)[C@H](c1ccccc1)N(C(=O)COc1ccccc1-c1ccccc1)CC2. The van der Waals surface area contributed by atoms with Gasteiger partial charge in [0, 0.05) is 12.1 Å². The first-order chi connectivity index (χ1) is 17.7. The first kappa shape index (κ1) is 23.5. The number of methoxy groups -OCH3 is 2. The zero-order valence-corrected chi connectivity index (χ0v) is 20.5. The van der Waals surface area contributed by atoms with Gasteiger partial charge in [-0.2, -0.15) is 0 Å². The quantitative estimate of drug-likeness (QED) is 0.330. The van der Waals surface area contributed by atoms with Crippen molar-refractivity contribution >= 4 is 5.91 Å². The summed E-state index contributed by atoms with van der Waals surface area (Å²) in [6.07, 6.45) is 0.728. The molecule has 5 rings (SSSR count). The number of carbonyl (C=O) groups is 1. The Kier molecular flexibility index (Phi) is 6.89. The molecule has 0 unspecified atom stereocenters. The molecule has 0 N–H and O–H groups in total. The molecule has 0 spiro atoms. The van der Waals surface area contributed by atoms with Gasteiger partial charge >= 0.3 is 0 Å². The van der Waals surface area contributed by atoms with E-state index >= 15 is 0 Å². The highest BCUT2D eigenvalue weighted by Gasteiger charge is 2.33. The lowest BCUT2D eigenvalue weighted by atomic mass is 9.87. The highest BCUT2D eigenvalue weighted by Crippen LogP contribution is 2.41. The Balaban J connectivity index is 1.45. The molecule has 0 fully saturated rings. The molecule has 1 heterocycles. The Hall–Kier alpha value is -4.25. The van der Waals surface area contributed by atoms with Crippen molar-refractivity contribution in [1.29, 1.82) is 0 Å². The van der Waals surface area contributed by atoms with Gasteiger partial charge in [-0.3, -0.25) is 4.79 Å². The third kappa shape index (κ3) is 4.65. The molecule has 4 aromatic carbocycles. The van der Waals surface area contributed by atoms with Crippen LogP contribution in [0.5, 0.6) is 17.2 Å². The Bertz CT molecular complexity index is 1340. The standard InChI is InChI=1S/C31H29NO4/c1-34-28-19-24-17-18-32(31(23-13-7-4-8-14-23)26(24)20-29(28)35-2)30(33)21-36-27-16-10-9-15-25(27)22-11-5-3-6-12-22/h3-16,19-20,31H,17-18,21H2,1-2H3/t31-/m0/s1. The molecule has 0 aliphatic carbocycles. The van der Waals surface area contributed by atoms with Gasteiger partial charge in [0.05, 0.1) is 20.3 Å². The molecular formula is C31H29NO4. The van der Waals surface area contributed by atoms with Gasteiger partial charge in [-0.25, -0.2) is 0 Å². The summed E-state index contributed by atoms with van der Waals surface area (Å²) >= 11 is 0. The van der Waals surface area contributed by atoms with E-state index in [4.69, 9.17) is 14.2 Å². The molecule has 0 saturated carbocycles. The number of hydrogen-bond donors (Lipinski definition) is 0. The lowest BCUT2D eigenvalue weighted by molar-refractivity contribution is -0.135. The fourth-order valence-corrected chi connectivity index (χ4v) is 4.88. The maximum Gasteiger partial charge on any atom is 0.261 e. The predicted molar refractivity (Wildman–Crippen MR) is 141 cm³/mol. The summed E-state index contributed by atoms with van der Waals surface area (Å²) in [5.41, 5.74) is 5.26. The number of ether oxygens (including phenoxy) is 3. The normalized spacial score (nSPS) is 14.6. The maximum atomic E-state index is 13.6. The number of carbonyl (C=O) groups excluding carboxylic acids is 1. The van der Waals surface area contributed by atoms with Gasteiger partial charge < -0.3 is 19.1 Å². The van der Waals surface area contributed by atoms with Crippen molar-refractivity contribution in [3.8, 4) is 28.4 Å². The van der Waals surface area contributed by atoms with Crippen LogP contribution in [-0.4, -0.2) is 38.2 Å². The maximum absolute atomic E-state index is 13.6. The molecule has 1 aliphatic rings. The Labute approximate surface area is 211 Å². The molecule has 1 amide bonds. The van der Waals surface area contributed by atoms with Crippen LogP contribution in [-0.2, 0) is 11.2 Å². The molecule has 5 heteroatoms. The molecule has 0 radical (unpaired) electrons. The van der Waals surface area contributed by atoms with Crippen LogP contribution in [0, 0.1) is 0 Å². The number of para-hydroxylation sites is 1. The van der Waals surface area contributed by atoms with Crippen molar-refractivity contribution in [3.63, 3.8) is 0 Å². The number of amides is 1. The molecule has 1 atom stereocenters. The number of nitrogens with zero attached hydrogens (tertiary/aromatic N) is 1. The number of benzene rings is 4. The van der Waals surface area contributed by atoms with Crippen molar-refractivity contribution in [2.24, 2.45) is 0 Å². The zero-order valence-electron chi connectivity index (χ0n) is 20.5. The number of hydrogen-bond acceptors (Lipinski definition) is 4. The second kappa shape index (κ2) is 10.6. The molecule has 0 saturated heterocycles. The fourth-order valence-electron chi connectivity index (χ4n) is 4.88. The van der Waals surface area contributed by atoms with Crippen LogP contribution >= 0.6 is 0 Å². The summed E-state index contributed by atoms with van der Waals surface area (Å²) in [5.74, 6) is 1.98. The van der Waals surface area contributed by atoms with Crippen LogP contribution in [0.4, 0.5) is 0 Å². The van der Waals surface area contributed by atoms with Gasteiger partial charge in [-0.05, 0) is 46.9 Å². The summed E-state index contributed by atoms with van der Waals surface area (Å²) < 4.78 is 17.2. The van der Waals surface area contributed by atoms with Crippen LogP contribution in [0.1, 0.15) is 22.7 Å². The lowest BCUT2D eigenvalue weighted by Crippen LogP contribution is -2.43. The summed E-state index contributed by atoms with van der Waals surface area (Å²) in [7, 11) is 3.27. The largest absolute Gasteiger partial charge is 0.493 e. The van der Waals surface area contributed by atoms with Crippen LogP contribution in [0.15, 0.2) is 97.1 Å². The van der Waals surface area contributed by atoms with Crippen molar-refractivity contribution in [3.05, 3.63) is 114 Å². The number of fused-ring (bicyclic) bond motifs is 1. The smallest absolute Gasteiger partial charge is 0.261 e. The Morgan fingerprint density at radius 2 is 1.44 bits per heavy atom. The second-order valence-corrected chi connectivity index (χ2v) is 8.71. The highest BCUT2D eigenvalue weighted by molar-refractivity contribution is 5.80. The van der Waals surface area contributed by atoms with Crippen LogP contribution in [0.25, 0.3) is 11.1 Å². The summed E-state index contributed by atoms with van der Waals surface area (Å²) in [6, 6.07) is 31.8. The summed E-state index contributed by atoms with van der Waals surface area (Å²) in [4.78, 5) is 15.5. The Morgan fingerprint density at radius 1 is 0.806 bits per heavy atom. The predicted octanol–water partition coefficient (Wildman–Crippen LogP) is 5.92. The van der Waals surface area contributed by atoms with Gasteiger partial charge in [-0.15, -0.1) is 0 Å². The highest BCUT2D eigenvalue weighted by atomic mass is 16.5. The van der Waals surface area contributed by atoms with E-state index in [0.29, 0.717) is 23.8 Å². The molecular weight excluding hydrogens is 450 g/mol. The zero-order chi connectivity index (χ0) is 24.9. The van der Waals surface area contributed by atoms with Gasteiger partial charge in [0.25, 0.3) is 5.91 Å². The minimum atomic E-state index is -0.241. The molecule has 0 aromatic heterocycles. The molecule has 5 nitrogen and oxygen atoms in total. The van der Waals surface area contributed by atoms with Gasteiger partial charge in [0.1, 0.15) is 5.75 Å². The molecule has 1 aliphatic heterocycles. The lowest BCUT2D eigenvalue weighted by Gasteiger charge is -2.38. The average Bonchev–Trinajstić information content (AvgIpc) is 2.95. The summed E-state index contributed by atoms with van der Waals surface area (Å²) in [6.45, 7) is 0.542. The average molecular weight is 480 g/mol. The molecule has 36 heavy (non-hydrogen) atoms. The van der Waals surface area contributed by atoms with E-state index in [1.54, 1.807) is 14.2 Å². The van der Waals surface area contributed by atoms with Gasteiger partial charge in [0.15, 0.2) is 18.1 Å². The van der Waals surface area contributed by atoms with Crippen LogP contribution in [0.2, 0.25) is 0 Å². The molecule has 4 aromatic rings. The minimum absolute atomic E-state index is 0.0458. The van der Waals surface area contributed by atoms with Crippen LogP contribution < -0.4 is 14.2 Å². The van der Waals surface area contributed by atoms with Crippen molar-refractivity contribution in [2.75, 3.05) is 27.4 Å². The topological polar surface area (TPSA) is 48.0 Å². The van der Waals surface area contributed by atoms with Crippen molar-refractivity contribution in [1.82, 2.24) is 4.90 Å². The summed E-state index contributed by atoms with van der Waals surface area (Å²) in [5, 5.41) is 0. The van der Waals surface area contributed by atoms with E-state index < -0.39 is 0 Å². The number of rotatable bonds is 7. The second-order valence-electron chi connectivity index (χ2n) is 8.71. The van der Waals surface area contributed by atoms with Crippen molar-refractivity contribution < 1.29 is 19.0 Å². The third-order valence-electron chi connectivity index (χ3n) is 6.63. The monoisotopic (exact) mass is 479 g/mol. The first-order valence-electron chi connectivity index (χ1n) is 12.1. The molecule has 0 bridgehead atoms. The van der Waals surface area contributed by atoms with E-state index in [-0.39, 0.29) is 18.6 Å². The van der Waals surface area contributed by atoms with E-state index in [1.807, 2.05) is 89.8 Å². The minimum Gasteiger partial charge on any atom is -0.493 e. The van der Waals surface area contributed by atoms with E-state index in [1.165, 1.54) is 0 Å². The fraction of sp³-hybridized carbons (Fsp3) is 0.194.